The molecule has 3 unspecified atom stereocenters. The number of nitrogens with one attached hydrogen (secondary N) is 3. The molecule has 1 aliphatic rings. The largest absolute Gasteiger partial charge is 0.390 e. The zero-order chi connectivity index (χ0) is 24.1. The molecule has 3 N–H and O–H groups in total. The molecular formula is C27H46N4S. The van der Waals surface area contributed by atoms with Crippen LogP contribution in [0.15, 0.2) is 47.8 Å². The Kier molecular flexibility index (Phi) is 9.47. The Morgan fingerprint density at radius 2 is 1.91 bits per heavy atom. The highest BCUT2D eigenvalue weighted by Crippen LogP contribution is 2.50. The second-order valence-electron chi connectivity index (χ2n) is 10.5. The number of rotatable bonds is 10. The fourth-order valence-electron chi connectivity index (χ4n) is 4.50. The van der Waals surface area contributed by atoms with Crippen LogP contribution in [0.1, 0.15) is 57.6 Å². The van der Waals surface area contributed by atoms with Crippen molar-refractivity contribution in [1.82, 2.24) is 14.9 Å². The summed E-state index contributed by atoms with van der Waals surface area (Å²) in [7, 11) is 5.03. The molecule has 180 valence electrons. The zero-order valence-electron chi connectivity index (χ0n) is 21.8. The van der Waals surface area contributed by atoms with E-state index in [1.807, 2.05) is 7.05 Å². The summed E-state index contributed by atoms with van der Waals surface area (Å²) in [5.41, 5.74) is 5.55. The van der Waals surface area contributed by atoms with Crippen molar-refractivity contribution in [1.29, 1.82) is 5.41 Å². The fourth-order valence-corrected chi connectivity index (χ4v) is 6.73. The highest BCUT2D eigenvalue weighted by molar-refractivity contribution is 8.31. The van der Waals surface area contributed by atoms with Crippen molar-refractivity contribution in [2.75, 3.05) is 33.7 Å². The summed E-state index contributed by atoms with van der Waals surface area (Å²) < 4.78 is 3.84. The van der Waals surface area contributed by atoms with Gasteiger partial charge in [-0.3, -0.25) is 0 Å². The summed E-state index contributed by atoms with van der Waals surface area (Å²) in [6.45, 7) is 9.80. The Hall–Kier alpha value is -1.72. The molecule has 0 aliphatic heterocycles. The molecule has 4 nitrogen and oxygen atoms in total. The second-order valence-corrected chi connectivity index (χ2v) is 14.1. The molecule has 1 aliphatic carbocycles. The molecule has 0 fully saturated rings. The second kappa shape index (κ2) is 11.4. The summed E-state index contributed by atoms with van der Waals surface area (Å²) in [6, 6.07) is 9.10. The minimum atomic E-state index is -1.16. The zero-order valence-corrected chi connectivity index (χ0v) is 22.6. The summed E-state index contributed by atoms with van der Waals surface area (Å²) >= 11 is 0. The lowest BCUT2D eigenvalue weighted by Crippen LogP contribution is -2.35. The molecule has 0 spiro atoms. The molecular weight excluding hydrogens is 412 g/mol. The molecule has 0 saturated heterocycles. The third-order valence-electron chi connectivity index (χ3n) is 6.37. The van der Waals surface area contributed by atoms with Crippen molar-refractivity contribution >= 4 is 15.9 Å². The number of benzene rings is 1. The van der Waals surface area contributed by atoms with Gasteiger partial charge in [-0.25, -0.2) is 0 Å². The monoisotopic (exact) mass is 458 g/mol. The van der Waals surface area contributed by atoms with Crippen LogP contribution in [0.2, 0.25) is 0 Å². The minimum absolute atomic E-state index is 0.469. The number of hydrogen-bond acceptors (Lipinski definition) is 4. The highest BCUT2D eigenvalue weighted by Gasteiger charge is 2.32. The van der Waals surface area contributed by atoms with Crippen LogP contribution in [0.5, 0.6) is 0 Å². The van der Waals surface area contributed by atoms with Crippen molar-refractivity contribution < 1.29 is 0 Å². The van der Waals surface area contributed by atoms with Crippen molar-refractivity contribution in [2.24, 2.45) is 11.8 Å². The Labute approximate surface area is 198 Å². The van der Waals surface area contributed by atoms with Gasteiger partial charge in [0.1, 0.15) is 0 Å². The molecule has 0 saturated carbocycles. The van der Waals surface area contributed by atoms with E-state index in [9.17, 15) is 0 Å². The average Bonchev–Trinajstić information content (AvgIpc) is 2.70. The van der Waals surface area contributed by atoms with Gasteiger partial charge >= 0.3 is 0 Å². The van der Waals surface area contributed by atoms with E-state index in [0.29, 0.717) is 28.7 Å². The Morgan fingerprint density at radius 3 is 2.47 bits per heavy atom. The fraction of sp³-hybridized carbons (Fsp3) is 0.593. The van der Waals surface area contributed by atoms with Crippen molar-refractivity contribution in [3.05, 3.63) is 58.9 Å². The normalized spacial score (nSPS) is 22.7. The van der Waals surface area contributed by atoms with E-state index < -0.39 is 10.2 Å². The van der Waals surface area contributed by atoms with Crippen LogP contribution < -0.4 is 10.0 Å². The van der Waals surface area contributed by atoms with Crippen LogP contribution in [-0.4, -0.2) is 49.5 Å². The summed E-state index contributed by atoms with van der Waals surface area (Å²) in [4.78, 5) is 2.22. The van der Waals surface area contributed by atoms with Crippen molar-refractivity contribution in [3.63, 3.8) is 0 Å². The van der Waals surface area contributed by atoms with E-state index in [4.69, 9.17) is 5.41 Å². The third kappa shape index (κ3) is 7.14. The van der Waals surface area contributed by atoms with Gasteiger partial charge in [-0.1, -0.05) is 57.2 Å². The Balaban J connectivity index is 2.21. The lowest BCUT2D eigenvalue weighted by atomic mass is 9.80. The number of allylic oxidation sites excluding steroid dienone is 3. The van der Waals surface area contributed by atoms with Gasteiger partial charge < -0.3 is 20.3 Å². The van der Waals surface area contributed by atoms with Gasteiger partial charge in [-0.15, -0.1) is 0 Å². The van der Waals surface area contributed by atoms with E-state index in [-0.39, 0.29) is 0 Å². The van der Waals surface area contributed by atoms with E-state index >= 15 is 0 Å². The van der Waals surface area contributed by atoms with E-state index in [1.165, 1.54) is 11.1 Å². The molecule has 3 atom stereocenters. The molecule has 0 heterocycles. The van der Waals surface area contributed by atoms with Crippen LogP contribution >= 0.6 is 10.2 Å². The first-order valence-corrected chi connectivity index (χ1v) is 14.3. The molecule has 0 radical (unpaired) electrons. The topological polar surface area (TPSA) is 51.1 Å². The predicted molar refractivity (Wildman–Crippen MR) is 145 cm³/mol. The van der Waals surface area contributed by atoms with Crippen LogP contribution in [0, 0.1) is 17.2 Å². The molecule has 0 aromatic heterocycles. The lowest BCUT2D eigenvalue weighted by molar-refractivity contribution is 0.402. The van der Waals surface area contributed by atoms with Crippen LogP contribution in [-0.2, 0) is 6.54 Å². The first kappa shape index (κ1) is 26.5. The van der Waals surface area contributed by atoms with E-state index in [0.717, 1.165) is 30.8 Å². The maximum atomic E-state index is 8.69. The first-order valence-electron chi connectivity index (χ1n) is 11.8. The maximum Gasteiger partial charge on any atom is 0.0827 e. The molecule has 1 aromatic carbocycles. The van der Waals surface area contributed by atoms with Gasteiger partial charge in [0.2, 0.25) is 0 Å². The van der Waals surface area contributed by atoms with Gasteiger partial charge in [-0.05, 0) is 69.3 Å². The van der Waals surface area contributed by atoms with Gasteiger partial charge in [0.05, 0.1) is 11.4 Å². The first-order chi connectivity index (χ1) is 14.9. The Bertz CT molecular complexity index is 838. The van der Waals surface area contributed by atoms with Gasteiger partial charge in [0.25, 0.3) is 0 Å². The SMILES string of the molecule is CN/C(C)=C(/NS(C)(C)C1C=CC(c2cccc(CN(C)C)c2)C(C)C1)C(=N)CC(C)C. The molecule has 2 rings (SSSR count). The van der Waals surface area contributed by atoms with Gasteiger partial charge in [0, 0.05) is 30.5 Å². The predicted octanol–water partition coefficient (Wildman–Crippen LogP) is 5.88. The van der Waals surface area contributed by atoms with Gasteiger partial charge in [0.15, 0.2) is 0 Å². The van der Waals surface area contributed by atoms with Gasteiger partial charge in [-0.2, -0.15) is 10.2 Å². The quantitative estimate of drug-likeness (QED) is 0.303. The van der Waals surface area contributed by atoms with E-state index in [2.05, 4.69) is 106 Å². The number of nitrogens with zero attached hydrogens (tertiary/aromatic N) is 1. The lowest BCUT2D eigenvalue weighted by Gasteiger charge is -2.45. The standard InChI is InChI=1S/C27H46N4S/c1-19(2)15-26(28)27(21(4)29-5)30-32(8,9)24-13-14-25(20(3)16-24)23-12-10-11-22(17-23)18-31(6)7/h10-14,17,19-20,24-25,28-30H,15-16,18H2,1-9H3/b27-21+,28-26?. The third-order valence-corrected chi connectivity index (χ3v) is 8.96. The summed E-state index contributed by atoms with van der Waals surface area (Å²) in [6.07, 6.45) is 11.6. The smallest absolute Gasteiger partial charge is 0.0827 e. The molecule has 5 heteroatoms. The van der Waals surface area contributed by atoms with Crippen molar-refractivity contribution in [3.8, 4) is 0 Å². The van der Waals surface area contributed by atoms with Crippen LogP contribution in [0.3, 0.4) is 0 Å². The highest BCUT2D eigenvalue weighted by atomic mass is 32.3. The average molecular weight is 459 g/mol. The molecule has 32 heavy (non-hydrogen) atoms. The summed E-state index contributed by atoms with van der Waals surface area (Å²) in [5.74, 6) is 1.53. The van der Waals surface area contributed by atoms with Crippen LogP contribution in [0.4, 0.5) is 0 Å². The van der Waals surface area contributed by atoms with E-state index in [1.54, 1.807) is 0 Å². The minimum Gasteiger partial charge on any atom is -0.390 e. The van der Waals surface area contributed by atoms with Crippen LogP contribution in [0.25, 0.3) is 0 Å². The Morgan fingerprint density at radius 1 is 1.22 bits per heavy atom. The number of hydrogen-bond donors (Lipinski definition) is 3. The molecule has 0 amide bonds. The molecule has 1 aromatic rings. The molecule has 0 bridgehead atoms. The summed E-state index contributed by atoms with van der Waals surface area (Å²) in [5, 5.41) is 12.4. The van der Waals surface area contributed by atoms with Crippen molar-refractivity contribution in [2.45, 2.75) is 58.2 Å². The maximum absolute atomic E-state index is 8.69.